The van der Waals surface area contributed by atoms with Crippen molar-refractivity contribution in [2.24, 2.45) is 3.21 Å². The Kier molecular flexibility index (Phi) is 9.60. The number of benzene rings is 2. The van der Waals surface area contributed by atoms with Gasteiger partial charge in [-0.2, -0.15) is 0 Å². The summed E-state index contributed by atoms with van der Waals surface area (Å²) in [5.41, 5.74) is 4.66. The van der Waals surface area contributed by atoms with Crippen molar-refractivity contribution >= 4 is 17.7 Å². The molecule has 0 spiro atoms. The Bertz CT molecular complexity index is 1030. The van der Waals surface area contributed by atoms with Crippen molar-refractivity contribution in [2.75, 3.05) is 13.7 Å². The number of fused-ring (bicyclic) bond motifs is 1. The van der Waals surface area contributed by atoms with Crippen molar-refractivity contribution in [3.05, 3.63) is 100 Å². The fraction of sp³-hybridized carbons (Fsp3) is 0.125. The second-order valence-electron chi connectivity index (χ2n) is 6.36. The first-order valence-electron chi connectivity index (χ1n) is 8.97. The molecule has 0 radical (unpaired) electrons. The van der Waals surface area contributed by atoms with E-state index in [1.165, 1.54) is 9.14 Å². The average Bonchev–Trinajstić information content (AvgIpc) is 3.40. The number of methoxy groups -OCH3 is 1. The molecule has 152 valence electrons. The number of allylic oxidation sites excluding steroid dienone is 4. The summed E-state index contributed by atoms with van der Waals surface area (Å²) in [6.07, 6.45) is 11.1. The summed E-state index contributed by atoms with van der Waals surface area (Å²) in [7, 11) is 1.61. The molecule has 0 saturated carbocycles. The number of rotatable bonds is 6. The Hall–Kier alpha value is -1.62. The zero-order valence-electron chi connectivity index (χ0n) is 16.9. The predicted octanol–water partition coefficient (Wildman–Crippen LogP) is 1.25. The number of ether oxygens (including phenoxy) is 1. The van der Waals surface area contributed by atoms with Crippen molar-refractivity contribution in [1.82, 2.24) is 5.32 Å². The molecule has 0 aromatic heterocycles. The van der Waals surface area contributed by atoms with E-state index >= 15 is 0 Å². The van der Waals surface area contributed by atoms with E-state index < -0.39 is 21.5 Å². The third-order valence-electron chi connectivity index (χ3n) is 4.54. The molecule has 1 N–H and O–H groups in total. The third kappa shape index (κ3) is 5.54. The van der Waals surface area contributed by atoms with Gasteiger partial charge in [-0.25, -0.2) is 0 Å². The molecule has 0 fully saturated rings. The SMILES string of the molecule is COc1c(C(=O)NCC2=CC=CC2)ccc2c1C(/C=C/c1cc[c-]cc1)=N[I-]2.[CH3-].[U+2]. The molecule has 1 heterocycles. The zero-order chi connectivity index (χ0) is 19.3. The van der Waals surface area contributed by atoms with Crippen LogP contribution >= 0.6 is 0 Å². The fourth-order valence-corrected chi connectivity index (χ4v) is 5.13. The Morgan fingerprint density at radius 2 is 2.07 bits per heavy atom. The first kappa shape index (κ1) is 24.6. The molecule has 1 amide bonds. The molecule has 0 bridgehead atoms. The Morgan fingerprint density at radius 1 is 1.27 bits per heavy atom. The van der Waals surface area contributed by atoms with E-state index in [2.05, 4.69) is 17.5 Å². The molecule has 0 saturated heterocycles. The van der Waals surface area contributed by atoms with Crippen LogP contribution in [0.4, 0.5) is 0 Å². The number of carbonyl (C=O) groups is 1. The standard InChI is InChI=1S/C23H19IN2O2.CH3.U/c1-28-22-18(23(27)25-15-17-9-5-6-10-17)12-13-19-21(22)20(26-24-19)14-11-16-7-3-2-4-8-16;;/h3-9,11-14H,10,15H2,1H3,(H,25,27);1H3;/q-2;-1;+2/b14-11+;;. The Morgan fingerprint density at radius 3 is 2.77 bits per heavy atom. The summed E-state index contributed by atoms with van der Waals surface area (Å²) in [6.45, 7) is 0.547. The van der Waals surface area contributed by atoms with Crippen LogP contribution in [0.2, 0.25) is 0 Å². The maximum atomic E-state index is 12.8. The molecule has 2 aliphatic rings. The molecule has 30 heavy (non-hydrogen) atoms. The van der Waals surface area contributed by atoms with E-state index in [0.717, 1.165) is 23.3 Å². The molecule has 1 aliphatic heterocycles. The van der Waals surface area contributed by atoms with Crippen LogP contribution in [-0.2, 0) is 0 Å². The van der Waals surface area contributed by atoms with Gasteiger partial charge in [0.2, 0.25) is 0 Å². The quantitative estimate of drug-likeness (QED) is 0.359. The van der Waals surface area contributed by atoms with Gasteiger partial charge in [0, 0.05) is 0 Å². The van der Waals surface area contributed by atoms with Crippen molar-refractivity contribution < 1.29 is 62.1 Å². The van der Waals surface area contributed by atoms with Crippen molar-refractivity contribution in [1.29, 1.82) is 0 Å². The van der Waals surface area contributed by atoms with Crippen LogP contribution in [0.15, 0.2) is 69.5 Å². The molecule has 1 aliphatic carbocycles. The van der Waals surface area contributed by atoms with Gasteiger partial charge in [0.25, 0.3) is 0 Å². The molecule has 4 nitrogen and oxygen atoms in total. The van der Waals surface area contributed by atoms with Crippen LogP contribution < -0.4 is 31.5 Å². The Balaban J connectivity index is 0.00000160. The minimum Gasteiger partial charge on any atom is -0.358 e. The number of halogens is 1. The largest absolute Gasteiger partial charge is 2.00 e. The maximum Gasteiger partial charge on any atom is 2.00 e. The van der Waals surface area contributed by atoms with Gasteiger partial charge in [-0.15, -0.1) is 0 Å². The first-order chi connectivity index (χ1) is 13.8. The average molecular weight is 735 g/mol. The number of hydrogen-bond donors (Lipinski definition) is 1. The summed E-state index contributed by atoms with van der Waals surface area (Å²) < 4.78 is 11.6. The molecule has 6 heteroatoms. The fourth-order valence-electron chi connectivity index (χ4n) is 3.10. The minimum atomic E-state index is -0.470. The van der Waals surface area contributed by atoms with Crippen LogP contribution in [0.3, 0.4) is 0 Å². The number of hydrogen-bond acceptors (Lipinski definition) is 3. The first-order valence-corrected chi connectivity index (χ1v) is 11.0. The van der Waals surface area contributed by atoms with Crippen LogP contribution in [0.5, 0.6) is 5.75 Å². The van der Waals surface area contributed by atoms with Crippen molar-refractivity contribution in [3.8, 4) is 5.75 Å². The molecular formula is C24H22IN2O2U-. The van der Waals surface area contributed by atoms with Crippen molar-refractivity contribution in [2.45, 2.75) is 6.42 Å². The van der Waals surface area contributed by atoms with E-state index in [9.17, 15) is 4.79 Å². The normalized spacial score (nSPS) is 14.0. The summed E-state index contributed by atoms with van der Waals surface area (Å²) >= 11 is -0.470. The topological polar surface area (TPSA) is 50.7 Å². The summed E-state index contributed by atoms with van der Waals surface area (Å²) in [4.78, 5) is 12.8. The van der Waals surface area contributed by atoms with E-state index in [-0.39, 0.29) is 44.4 Å². The van der Waals surface area contributed by atoms with E-state index in [1.54, 1.807) is 7.11 Å². The van der Waals surface area contributed by atoms with E-state index in [0.29, 0.717) is 17.9 Å². The number of nitrogens with zero attached hydrogens (tertiary/aromatic N) is 1. The number of amides is 1. The van der Waals surface area contributed by atoms with Crippen molar-refractivity contribution in [3.63, 3.8) is 0 Å². The number of carbonyl (C=O) groups excluding carboxylic acids is 1. The monoisotopic (exact) mass is 735 g/mol. The number of nitrogens with one attached hydrogen (secondary N) is 1. The summed E-state index contributed by atoms with van der Waals surface area (Å²) in [5, 5.41) is 3.00. The molecule has 4 rings (SSSR count). The second kappa shape index (κ2) is 11.7. The molecule has 2 aromatic carbocycles. The second-order valence-corrected chi connectivity index (χ2v) is 8.49. The van der Waals surface area contributed by atoms with E-state index in [4.69, 9.17) is 7.94 Å². The van der Waals surface area contributed by atoms with Gasteiger partial charge in [0.05, 0.1) is 0 Å². The van der Waals surface area contributed by atoms with E-state index in [1.807, 2.05) is 60.7 Å². The summed E-state index contributed by atoms with van der Waals surface area (Å²) in [6, 6.07) is 14.6. The van der Waals surface area contributed by atoms with Crippen LogP contribution in [0.25, 0.3) is 6.08 Å². The third-order valence-corrected chi connectivity index (χ3v) is 6.72. The van der Waals surface area contributed by atoms with Gasteiger partial charge < -0.3 is 7.43 Å². The van der Waals surface area contributed by atoms with Gasteiger partial charge >= 0.3 is 207 Å². The van der Waals surface area contributed by atoms with Gasteiger partial charge in [-0.05, 0) is 0 Å². The molecule has 0 atom stereocenters. The smallest absolute Gasteiger partial charge is 0.358 e. The van der Waals surface area contributed by atoms with Crippen LogP contribution in [0.1, 0.15) is 27.9 Å². The predicted molar refractivity (Wildman–Crippen MR) is 113 cm³/mol. The van der Waals surface area contributed by atoms with Gasteiger partial charge in [-0.1, -0.05) is 0 Å². The minimum absolute atomic E-state index is 0. The van der Waals surface area contributed by atoms with Crippen LogP contribution in [0, 0.1) is 48.2 Å². The Labute approximate surface area is 212 Å². The molecule has 0 unspecified atom stereocenters. The van der Waals surface area contributed by atoms with Gasteiger partial charge in [-0.3, -0.25) is 0 Å². The maximum absolute atomic E-state index is 12.8. The van der Waals surface area contributed by atoms with Crippen LogP contribution in [-0.4, -0.2) is 25.3 Å². The van der Waals surface area contributed by atoms with Gasteiger partial charge in [0.15, 0.2) is 0 Å². The molecular weight excluding hydrogens is 713 g/mol. The summed E-state index contributed by atoms with van der Waals surface area (Å²) in [5.74, 6) is 0.481. The molecule has 2 aromatic rings. The zero-order valence-corrected chi connectivity index (χ0v) is 23.2. The van der Waals surface area contributed by atoms with Gasteiger partial charge in [0.1, 0.15) is 0 Å².